The molecule has 1 fully saturated rings. The molecule has 2 aliphatic rings. The summed E-state index contributed by atoms with van der Waals surface area (Å²) in [5.74, 6) is 0.136. The van der Waals surface area contributed by atoms with E-state index in [9.17, 15) is 4.79 Å². The van der Waals surface area contributed by atoms with Crippen molar-refractivity contribution in [1.82, 2.24) is 5.32 Å². The van der Waals surface area contributed by atoms with Crippen LogP contribution in [0.3, 0.4) is 0 Å². The van der Waals surface area contributed by atoms with Gasteiger partial charge in [-0.2, -0.15) is 0 Å². The molecule has 118 valence electrons. The highest BCUT2D eigenvalue weighted by Crippen LogP contribution is 2.44. The number of fused-ring (bicyclic) bond motifs is 3. The molecule has 4 rings (SSSR count). The largest absolute Gasteiger partial charge is 0.449 e. The lowest BCUT2D eigenvalue weighted by Crippen LogP contribution is -2.33. The molecule has 2 aliphatic carbocycles. The summed E-state index contributed by atoms with van der Waals surface area (Å²) in [6, 6.07) is 17.1. The minimum atomic E-state index is -0.279. The number of amides is 1. The lowest BCUT2D eigenvalue weighted by molar-refractivity contribution is 0.139. The van der Waals surface area contributed by atoms with Crippen LogP contribution in [0.15, 0.2) is 48.5 Å². The standard InChI is InChI=1S/C20H21NO2/c22-20(21-14-7-1-2-8-14)23-13-19-17-11-5-3-9-15(17)16-10-4-6-12-18(16)19/h3-6,9-12,14,19H,1-2,7-8,13H2,(H,21,22). The van der Waals surface area contributed by atoms with E-state index in [-0.39, 0.29) is 12.0 Å². The van der Waals surface area contributed by atoms with E-state index < -0.39 is 0 Å². The average molecular weight is 307 g/mol. The van der Waals surface area contributed by atoms with E-state index in [2.05, 4.69) is 53.8 Å². The molecule has 0 aliphatic heterocycles. The van der Waals surface area contributed by atoms with E-state index in [1.165, 1.54) is 35.1 Å². The zero-order valence-electron chi connectivity index (χ0n) is 13.1. The smallest absolute Gasteiger partial charge is 0.407 e. The van der Waals surface area contributed by atoms with Crippen molar-refractivity contribution in [2.24, 2.45) is 0 Å². The molecule has 0 aromatic heterocycles. The van der Waals surface area contributed by atoms with Crippen molar-refractivity contribution >= 4 is 6.09 Å². The van der Waals surface area contributed by atoms with E-state index in [4.69, 9.17) is 4.74 Å². The lowest BCUT2D eigenvalue weighted by atomic mass is 9.98. The summed E-state index contributed by atoms with van der Waals surface area (Å²) in [7, 11) is 0. The van der Waals surface area contributed by atoms with E-state index in [0.717, 1.165) is 12.8 Å². The Bertz CT molecular complexity index is 674. The molecule has 0 unspecified atom stereocenters. The fraction of sp³-hybridized carbons (Fsp3) is 0.350. The number of ether oxygens (including phenoxy) is 1. The van der Waals surface area contributed by atoms with Gasteiger partial charge in [0.25, 0.3) is 0 Å². The van der Waals surface area contributed by atoms with E-state index >= 15 is 0 Å². The van der Waals surface area contributed by atoms with E-state index in [1.54, 1.807) is 0 Å². The van der Waals surface area contributed by atoms with Crippen LogP contribution in [0.25, 0.3) is 11.1 Å². The summed E-state index contributed by atoms with van der Waals surface area (Å²) >= 11 is 0. The van der Waals surface area contributed by atoms with Crippen molar-refractivity contribution < 1.29 is 9.53 Å². The van der Waals surface area contributed by atoms with Crippen LogP contribution < -0.4 is 5.32 Å². The van der Waals surface area contributed by atoms with Crippen LogP contribution in [0.2, 0.25) is 0 Å². The third-order valence-electron chi connectivity index (χ3n) is 5.02. The second-order valence-corrected chi connectivity index (χ2v) is 6.45. The van der Waals surface area contributed by atoms with Gasteiger partial charge >= 0.3 is 6.09 Å². The van der Waals surface area contributed by atoms with Gasteiger partial charge < -0.3 is 10.1 Å². The molecular weight excluding hydrogens is 286 g/mol. The topological polar surface area (TPSA) is 38.3 Å². The first-order valence-electron chi connectivity index (χ1n) is 8.44. The second kappa shape index (κ2) is 6.07. The molecule has 1 amide bonds. The Kier molecular flexibility index (Phi) is 3.78. The Morgan fingerprint density at radius 1 is 0.957 bits per heavy atom. The number of nitrogens with one attached hydrogen (secondary N) is 1. The molecule has 23 heavy (non-hydrogen) atoms. The van der Waals surface area contributed by atoms with E-state index in [1.807, 2.05) is 0 Å². The van der Waals surface area contributed by atoms with Gasteiger partial charge in [0.15, 0.2) is 0 Å². The highest BCUT2D eigenvalue weighted by atomic mass is 16.5. The Balaban J connectivity index is 1.49. The summed E-state index contributed by atoms with van der Waals surface area (Å²) in [6.45, 7) is 0.395. The molecule has 0 saturated heterocycles. The molecule has 3 nitrogen and oxygen atoms in total. The first-order valence-corrected chi connectivity index (χ1v) is 8.44. The SMILES string of the molecule is O=C(NC1CCCC1)OCC1c2ccccc2-c2ccccc21. The number of rotatable bonds is 3. The molecule has 3 heteroatoms. The van der Waals surface area contributed by atoms with Crippen LogP contribution >= 0.6 is 0 Å². The fourth-order valence-corrected chi connectivity index (χ4v) is 3.88. The Morgan fingerprint density at radius 2 is 1.52 bits per heavy atom. The Labute approximate surface area is 136 Å². The second-order valence-electron chi connectivity index (χ2n) is 6.45. The maximum atomic E-state index is 12.0. The van der Waals surface area contributed by atoms with Crippen molar-refractivity contribution in [3.8, 4) is 11.1 Å². The molecular formula is C20H21NO2. The molecule has 0 atom stereocenters. The van der Waals surface area contributed by atoms with Gasteiger partial charge in [-0.05, 0) is 35.1 Å². The number of benzene rings is 2. The highest BCUT2D eigenvalue weighted by molar-refractivity contribution is 5.79. The van der Waals surface area contributed by atoms with Crippen LogP contribution in [0.1, 0.15) is 42.7 Å². The van der Waals surface area contributed by atoms with Crippen LogP contribution in [-0.4, -0.2) is 18.7 Å². The highest BCUT2D eigenvalue weighted by Gasteiger charge is 2.29. The summed E-state index contributed by atoms with van der Waals surface area (Å²) in [6.07, 6.45) is 4.27. The third-order valence-corrected chi connectivity index (χ3v) is 5.02. The molecule has 2 aromatic rings. The predicted molar refractivity (Wildman–Crippen MR) is 90.5 cm³/mol. The van der Waals surface area contributed by atoms with Gasteiger partial charge in [0.2, 0.25) is 0 Å². The van der Waals surface area contributed by atoms with Crippen molar-refractivity contribution in [3.63, 3.8) is 0 Å². The molecule has 1 N–H and O–H groups in total. The number of carbonyl (C=O) groups excluding carboxylic acids is 1. The van der Waals surface area contributed by atoms with Crippen molar-refractivity contribution in [2.75, 3.05) is 6.61 Å². The van der Waals surface area contributed by atoms with Crippen LogP contribution in [-0.2, 0) is 4.74 Å². The summed E-state index contributed by atoms with van der Waals surface area (Å²) in [4.78, 5) is 12.0. The predicted octanol–water partition coefficient (Wildman–Crippen LogP) is 4.47. The van der Waals surface area contributed by atoms with Gasteiger partial charge in [-0.1, -0.05) is 61.4 Å². The van der Waals surface area contributed by atoms with Crippen LogP contribution in [0, 0.1) is 0 Å². The fourth-order valence-electron chi connectivity index (χ4n) is 3.88. The normalized spacial score (nSPS) is 16.9. The minimum Gasteiger partial charge on any atom is -0.449 e. The van der Waals surface area contributed by atoms with Crippen LogP contribution in [0.4, 0.5) is 4.79 Å². The summed E-state index contributed by atoms with van der Waals surface area (Å²) in [5.41, 5.74) is 5.02. The van der Waals surface area contributed by atoms with Gasteiger partial charge in [0.1, 0.15) is 6.61 Å². The molecule has 0 spiro atoms. The number of hydrogen-bond acceptors (Lipinski definition) is 2. The van der Waals surface area contributed by atoms with Gasteiger partial charge in [0, 0.05) is 12.0 Å². The first-order chi connectivity index (χ1) is 11.3. The van der Waals surface area contributed by atoms with Crippen molar-refractivity contribution in [1.29, 1.82) is 0 Å². The van der Waals surface area contributed by atoms with Gasteiger partial charge in [-0.3, -0.25) is 0 Å². The van der Waals surface area contributed by atoms with Crippen molar-refractivity contribution in [3.05, 3.63) is 59.7 Å². The quantitative estimate of drug-likeness (QED) is 0.908. The molecule has 2 aromatic carbocycles. The van der Waals surface area contributed by atoms with Gasteiger partial charge in [0.05, 0.1) is 0 Å². The molecule has 1 saturated carbocycles. The monoisotopic (exact) mass is 307 g/mol. The van der Waals surface area contributed by atoms with Crippen molar-refractivity contribution in [2.45, 2.75) is 37.6 Å². The third kappa shape index (κ3) is 2.72. The molecule has 0 heterocycles. The Hall–Kier alpha value is -2.29. The summed E-state index contributed by atoms with van der Waals surface area (Å²) in [5, 5.41) is 2.99. The summed E-state index contributed by atoms with van der Waals surface area (Å²) < 4.78 is 5.55. The van der Waals surface area contributed by atoms with Gasteiger partial charge in [-0.25, -0.2) is 4.79 Å². The zero-order chi connectivity index (χ0) is 15.6. The van der Waals surface area contributed by atoms with Crippen LogP contribution in [0.5, 0.6) is 0 Å². The number of hydrogen-bond donors (Lipinski definition) is 1. The van der Waals surface area contributed by atoms with Gasteiger partial charge in [-0.15, -0.1) is 0 Å². The Morgan fingerprint density at radius 3 is 2.13 bits per heavy atom. The molecule has 0 radical (unpaired) electrons. The first kappa shape index (κ1) is 14.3. The minimum absolute atomic E-state index is 0.136. The number of alkyl carbamates (subject to hydrolysis) is 1. The molecule has 0 bridgehead atoms. The maximum absolute atomic E-state index is 12.0. The van der Waals surface area contributed by atoms with E-state index in [0.29, 0.717) is 12.6 Å². The lowest BCUT2D eigenvalue weighted by Gasteiger charge is -2.16. The average Bonchev–Trinajstić information content (AvgIpc) is 3.19. The number of carbonyl (C=O) groups is 1. The zero-order valence-corrected chi connectivity index (χ0v) is 13.1. The maximum Gasteiger partial charge on any atom is 0.407 e.